The third-order valence-electron chi connectivity index (χ3n) is 4.25. The summed E-state index contributed by atoms with van der Waals surface area (Å²) in [5, 5.41) is 0. The van der Waals surface area contributed by atoms with Crippen LogP contribution in [0.4, 0.5) is 0 Å². The maximum absolute atomic E-state index is 5.90. The number of rotatable bonds is 6. The van der Waals surface area contributed by atoms with Crippen molar-refractivity contribution in [3.63, 3.8) is 0 Å². The van der Waals surface area contributed by atoms with Gasteiger partial charge in [-0.25, -0.2) is 4.98 Å². The summed E-state index contributed by atoms with van der Waals surface area (Å²) in [4.78, 5) is 4.82. The van der Waals surface area contributed by atoms with Gasteiger partial charge in [0.2, 0.25) is 0 Å². The third-order valence-corrected chi connectivity index (χ3v) is 4.25. The summed E-state index contributed by atoms with van der Waals surface area (Å²) in [5.74, 6) is 3.48. The van der Waals surface area contributed by atoms with E-state index in [4.69, 9.17) is 14.5 Å². The second-order valence-corrected chi connectivity index (χ2v) is 5.91. The maximum Gasteiger partial charge on any atom is 0.123 e. The van der Waals surface area contributed by atoms with Crippen LogP contribution in [0.15, 0.2) is 48.5 Å². The minimum atomic E-state index is 0.618. The van der Waals surface area contributed by atoms with Crippen LogP contribution in [-0.2, 0) is 6.54 Å². The maximum atomic E-state index is 5.90. The van der Waals surface area contributed by atoms with Gasteiger partial charge in [-0.15, -0.1) is 0 Å². The Kier molecular flexibility index (Phi) is 3.66. The number of ether oxygens (including phenoxy) is 2. The zero-order valence-electron chi connectivity index (χ0n) is 13.2. The minimum absolute atomic E-state index is 0.618. The molecule has 2 aromatic carbocycles. The van der Waals surface area contributed by atoms with Crippen molar-refractivity contribution in [2.24, 2.45) is 0 Å². The van der Waals surface area contributed by atoms with Gasteiger partial charge in [-0.3, -0.25) is 0 Å². The van der Waals surface area contributed by atoms with Gasteiger partial charge in [-0.2, -0.15) is 0 Å². The van der Waals surface area contributed by atoms with Gasteiger partial charge in [-0.05, 0) is 37.1 Å². The molecule has 4 rings (SSSR count). The highest BCUT2D eigenvalue weighted by molar-refractivity contribution is 5.76. The average Bonchev–Trinajstić information content (AvgIpc) is 3.38. The van der Waals surface area contributed by atoms with E-state index in [1.807, 2.05) is 30.3 Å². The van der Waals surface area contributed by atoms with Crippen LogP contribution in [0, 0.1) is 0 Å². The number of nitrogens with zero attached hydrogens (tertiary/aromatic N) is 2. The molecule has 1 fully saturated rings. The lowest BCUT2D eigenvalue weighted by Gasteiger charge is -2.11. The first-order chi connectivity index (χ1) is 11.3. The summed E-state index contributed by atoms with van der Waals surface area (Å²) in [6.45, 7) is 1.43. The molecule has 0 amide bonds. The van der Waals surface area contributed by atoms with E-state index in [0.717, 1.165) is 23.6 Å². The van der Waals surface area contributed by atoms with Gasteiger partial charge in [0, 0.05) is 12.0 Å². The lowest BCUT2D eigenvalue weighted by atomic mass is 10.3. The SMILES string of the molecule is COc1cccc(OCCn2c(C3CC3)nc3ccccc32)c1. The number of para-hydroxylation sites is 2. The standard InChI is InChI=1S/C19H20N2O2/c1-22-15-5-4-6-16(13-15)23-12-11-21-18-8-3-2-7-17(18)20-19(21)14-9-10-14/h2-8,13-14H,9-12H2,1H3. The summed E-state index contributed by atoms with van der Waals surface area (Å²) in [7, 11) is 1.67. The lowest BCUT2D eigenvalue weighted by Crippen LogP contribution is -2.10. The van der Waals surface area contributed by atoms with Gasteiger partial charge in [0.05, 0.1) is 24.7 Å². The molecule has 3 aromatic rings. The molecule has 4 heteroatoms. The first-order valence-electron chi connectivity index (χ1n) is 8.07. The second-order valence-electron chi connectivity index (χ2n) is 5.91. The van der Waals surface area contributed by atoms with Gasteiger partial charge in [0.25, 0.3) is 0 Å². The fourth-order valence-corrected chi connectivity index (χ4v) is 2.93. The quantitative estimate of drug-likeness (QED) is 0.690. The van der Waals surface area contributed by atoms with Crippen molar-refractivity contribution in [2.75, 3.05) is 13.7 Å². The number of hydrogen-bond donors (Lipinski definition) is 0. The average molecular weight is 308 g/mol. The van der Waals surface area contributed by atoms with Crippen LogP contribution in [0.1, 0.15) is 24.6 Å². The Balaban J connectivity index is 1.52. The van der Waals surface area contributed by atoms with Crippen molar-refractivity contribution in [1.29, 1.82) is 0 Å². The Morgan fingerprint density at radius 1 is 1.09 bits per heavy atom. The van der Waals surface area contributed by atoms with E-state index in [-0.39, 0.29) is 0 Å². The first-order valence-corrected chi connectivity index (χ1v) is 8.07. The number of benzene rings is 2. The van der Waals surface area contributed by atoms with Crippen LogP contribution >= 0.6 is 0 Å². The van der Waals surface area contributed by atoms with E-state index in [1.165, 1.54) is 24.2 Å². The van der Waals surface area contributed by atoms with Gasteiger partial charge in [0.15, 0.2) is 0 Å². The Bertz CT molecular complexity index is 821. The summed E-state index contributed by atoms with van der Waals surface area (Å²) in [5.41, 5.74) is 2.28. The van der Waals surface area contributed by atoms with Gasteiger partial charge in [-0.1, -0.05) is 18.2 Å². The smallest absolute Gasteiger partial charge is 0.123 e. The molecular weight excluding hydrogens is 288 g/mol. The highest BCUT2D eigenvalue weighted by Crippen LogP contribution is 2.40. The van der Waals surface area contributed by atoms with Crippen LogP contribution in [0.5, 0.6) is 11.5 Å². The van der Waals surface area contributed by atoms with Crippen molar-refractivity contribution in [3.05, 3.63) is 54.4 Å². The minimum Gasteiger partial charge on any atom is -0.497 e. The molecule has 0 unspecified atom stereocenters. The zero-order chi connectivity index (χ0) is 15.6. The number of aromatic nitrogens is 2. The molecule has 0 atom stereocenters. The van der Waals surface area contributed by atoms with Crippen molar-refractivity contribution in [1.82, 2.24) is 9.55 Å². The fraction of sp³-hybridized carbons (Fsp3) is 0.316. The molecule has 1 saturated carbocycles. The topological polar surface area (TPSA) is 36.3 Å². The van der Waals surface area contributed by atoms with Gasteiger partial charge < -0.3 is 14.0 Å². The Labute approximate surface area is 135 Å². The highest BCUT2D eigenvalue weighted by Gasteiger charge is 2.29. The molecule has 1 aromatic heterocycles. The summed E-state index contributed by atoms with van der Waals surface area (Å²) >= 11 is 0. The molecule has 23 heavy (non-hydrogen) atoms. The van der Waals surface area contributed by atoms with Crippen molar-refractivity contribution >= 4 is 11.0 Å². The Hall–Kier alpha value is -2.49. The van der Waals surface area contributed by atoms with E-state index in [1.54, 1.807) is 7.11 Å². The molecule has 0 saturated heterocycles. The van der Waals surface area contributed by atoms with Gasteiger partial charge >= 0.3 is 0 Å². The zero-order valence-corrected chi connectivity index (χ0v) is 13.2. The predicted molar refractivity (Wildman–Crippen MR) is 90.2 cm³/mol. The molecule has 1 heterocycles. The predicted octanol–water partition coefficient (Wildman–Crippen LogP) is 4.00. The molecule has 0 radical (unpaired) electrons. The third kappa shape index (κ3) is 2.89. The molecule has 0 N–H and O–H groups in total. The van der Waals surface area contributed by atoms with E-state index in [2.05, 4.69) is 22.8 Å². The molecule has 1 aliphatic rings. The largest absolute Gasteiger partial charge is 0.497 e. The van der Waals surface area contributed by atoms with Gasteiger partial charge in [0.1, 0.15) is 23.9 Å². The normalized spacial score (nSPS) is 14.1. The Morgan fingerprint density at radius 3 is 2.74 bits per heavy atom. The number of hydrogen-bond acceptors (Lipinski definition) is 3. The van der Waals surface area contributed by atoms with Crippen LogP contribution < -0.4 is 9.47 Å². The molecule has 1 aliphatic carbocycles. The highest BCUT2D eigenvalue weighted by atomic mass is 16.5. The summed E-state index contributed by atoms with van der Waals surface area (Å²) in [6.07, 6.45) is 2.50. The summed E-state index contributed by atoms with van der Waals surface area (Å²) in [6, 6.07) is 16.1. The van der Waals surface area contributed by atoms with Crippen LogP contribution in [0.25, 0.3) is 11.0 Å². The first kappa shape index (κ1) is 14.1. The summed E-state index contributed by atoms with van der Waals surface area (Å²) < 4.78 is 13.4. The molecule has 0 aliphatic heterocycles. The van der Waals surface area contributed by atoms with Crippen LogP contribution in [0.3, 0.4) is 0 Å². The molecule has 0 spiro atoms. The molecule has 0 bridgehead atoms. The Morgan fingerprint density at radius 2 is 1.91 bits per heavy atom. The van der Waals surface area contributed by atoms with Crippen LogP contribution in [-0.4, -0.2) is 23.3 Å². The lowest BCUT2D eigenvalue weighted by molar-refractivity contribution is 0.296. The number of fused-ring (bicyclic) bond motifs is 1. The van der Waals surface area contributed by atoms with Crippen molar-refractivity contribution < 1.29 is 9.47 Å². The number of imidazole rings is 1. The molecule has 4 nitrogen and oxygen atoms in total. The molecule has 118 valence electrons. The van der Waals surface area contributed by atoms with E-state index < -0.39 is 0 Å². The number of methoxy groups -OCH3 is 1. The van der Waals surface area contributed by atoms with E-state index >= 15 is 0 Å². The second kappa shape index (κ2) is 5.95. The van der Waals surface area contributed by atoms with Crippen LogP contribution in [0.2, 0.25) is 0 Å². The fourth-order valence-electron chi connectivity index (χ4n) is 2.93. The van der Waals surface area contributed by atoms with E-state index in [0.29, 0.717) is 12.5 Å². The monoisotopic (exact) mass is 308 g/mol. The van der Waals surface area contributed by atoms with E-state index in [9.17, 15) is 0 Å². The van der Waals surface area contributed by atoms with Crippen molar-refractivity contribution in [3.8, 4) is 11.5 Å². The van der Waals surface area contributed by atoms with Crippen molar-refractivity contribution in [2.45, 2.75) is 25.3 Å². The molecular formula is C19H20N2O2.